The molecule has 0 bridgehead atoms. The zero-order valence-electron chi connectivity index (χ0n) is 9.34. The smallest absolute Gasteiger partial charge is 0.115 e. The predicted octanol–water partition coefficient (Wildman–Crippen LogP) is 1.21. The highest BCUT2D eigenvalue weighted by Gasteiger charge is 2.20. The number of hydrogen-bond acceptors (Lipinski definition) is 4. The summed E-state index contributed by atoms with van der Waals surface area (Å²) in [6.45, 7) is 2.30. The van der Waals surface area contributed by atoms with Crippen molar-refractivity contribution in [1.82, 2.24) is 0 Å². The van der Waals surface area contributed by atoms with E-state index in [0.29, 0.717) is 18.6 Å². The van der Waals surface area contributed by atoms with Crippen LogP contribution >= 0.6 is 0 Å². The van der Waals surface area contributed by atoms with Gasteiger partial charge in [0.05, 0.1) is 6.10 Å². The summed E-state index contributed by atoms with van der Waals surface area (Å²) in [6.07, 6.45) is -0.817. The second kappa shape index (κ2) is 6.48. The van der Waals surface area contributed by atoms with Crippen LogP contribution in [0.4, 0.5) is 0 Å². The molecule has 0 spiro atoms. The van der Waals surface area contributed by atoms with Crippen LogP contribution in [0.5, 0.6) is 5.75 Å². The van der Waals surface area contributed by atoms with Crippen LogP contribution in [-0.4, -0.2) is 34.6 Å². The van der Waals surface area contributed by atoms with E-state index in [1.165, 1.54) is 12.1 Å². The maximum Gasteiger partial charge on any atom is 0.115 e. The molecule has 1 aromatic rings. The first-order valence-corrected chi connectivity index (χ1v) is 5.38. The van der Waals surface area contributed by atoms with Gasteiger partial charge in [0.15, 0.2) is 0 Å². The Hall–Kier alpha value is -1.10. The van der Waals surface area contributed by atoms with E-state index in [4.69, 9.17) is 14.9 Å². The van der Waals surface area contributed by atoms with E-state index in [1.54, 1.807) is 12.1 Å². The average Bonchev–Trinajstić information content (AvgIpc) is 2.29. The quantitative estimate of drug-likeness (QED) is 0.682. The van der Waals surface area contributed by atoms with Crippen molar-refractivity contribution in [2.45, 2.75) is 25.6 Å². The fourth-order valence-electron chi connectivity index (χ4n) is 1.56. The average molecular weight is 226 g/mol. The number of hydrogen-bond donors (Lipinski definition) is 3. The lowest BCUT2D eigenvalue weighted by Gasteiger charge is -2.22. The van der Waals surface area contributed by atoms with E-state index in [9.17, 15) is 5.11 Å². The monoisotopic (exact) mass is 226 g/mol. The molecule has 1 aromatic carbocycles. The second-order valence-corrected chi connectivity index (χ2v) is 3.54. The molecule has 0 aromatic heterocycles. The summed E-state index contributed by atoms with van der Waals surface area (Å²) in [5, 5.41) is 28.0. The first kappa shape index (κ1) is 13.0. The zero-order valence-corrected chi connectivity index (χ0v) is 9.34. The molecule has 4 heteroatoms. The Labute approximate surface area is 95.1 Å². The molecule has 0 unspecified atom stereocenters. The van der Waals surface area contributed by atoms with Crippen LogP contribution in [0.25, 0.3) is 0 Å². The topological polar surface area (TPSA) is 69.9 Å². The fourth-order valence-corrected chi connectivity index (χ4v) is 1.56. The first-order valence-electron chi connectivity index (χ1n) is 5.38. The third kappa shape index (κ3) is 3.48. The lowest BCUT2D eigenvalue weighted by atomic mass is 10.0. The lowest BCUT2D eigenvalue weighted by Crippen LogP contribution is -2.23. The molecule has 0 heterocycles. The molecule has 3 N–H and O–H groups in total. The standard InChI is InChI=1S/C12H18O4/c1-2-16-11(7-8-13)12(15)9-3-5-10(14)6-4-9/h3-6,11-15H,2,7-8H2,1H3/t11-,12-/m1/s1. The van der Waals surface area contributed by atoms with E-state index in [1.807, 2.05) is 6.92 Å². The maximum absolute atomic E-state index is 10.0. The number of ether oxygens (including phenoxy) is 1. The number of phenols is 1. The molecule has 0 saturated carbocycles. The normalized spacial score (nSPS) is 14.7. The Balaban J connectivity index is 2.72. The lowest BCUT2D eigenvalue weighted by molar-refractivity contribution is -0.0448. The highest BCUT2D eigenvalue weighted by molar-refractivity contribution is 5.27. The Morgan fingerprint density at radius 3 is 2.38 bits per heavy atom. The Morgan fingerprint density at radius 2 is 1.88 bits per heavy atom. The van der Waals surface area contributed by atoms with Crippen LogP contribution in [0.3, 0.4) is 0 Å². The maximum atomic E-state index is 10.0. The minimum absolute atomic E-state index is 0.0280. The van der Waals surface area contributed by atoms with Crippen LogP contribution in [-0.2, 0) is 4.74 Å². The molecule has 0 aliphatic rings. The Morgan fingerprint density at radius 1 is 1.25 bits per heavy atom. The van der Waals surface area contributed by atoms with Crippen molar-refractivity contribution in [1.29, 1.82) is 0 Å². The Kier molecular flexibility index (Phi) is 5.25. The van der Waals surface area contributed by atoms with Crippen LogP contribution in [0, 0.1) is 0 Å². The fraction of sp³-hybridized carbons (Fsp3) is 0.500. The number of benzene rings is 1. The van der Waals surface area contributed by atoms with Gasteiger partial charge in [0.2, 0.25) is 0 Å². The van der Waals surface area contributed by atoms with Crippen LogP contribution in [0.15, 0.2) is 24.3 Å². The summed E-state index contributed by atoms with van der Waals surface area (Å²) in [5.41, 5.74) is 0.671. The van der Waals surface area contributed by atoms with Gasteiger partial charge in [-0.2, -0.15) is 0 Å². The van der Waals surface area contributed by atoms with Crippen LogP contribution in [0.2, 0.25) is 0 Å². The molecule has 0 amide bonds. The van der Waals surface area contributed by atoms with Gasteiger partial charge >= 0.3 is 0 Å². The van der Waals surface area contributed by atoms with Gasteiger partial charge in [-0.3, -0.25) is 0 Å². The number of phenolic OH excluding ortho intramolecular Hbond substituents is 1. The van der Waals surface area contributed by atoms with Crippen molar-refractivity contribution in [2.24, 2.45) is 0 Å². The van der Waals surface area contributed by atoms with Gasteiger partial charge in [-0.05, 0) is 31.0 Å². The summed E-state index contributed by atoms with van der Waals surface area (Å²) in [5.74, 6) is 0.158. The highest BCUT2D eigenvalue weighted by atomic mass is 16.5. The molecule has 90 valence electrons. The van der Waals surface area contributed by atoms with Gasteiger partial charge in [-0.1, -0.05) is 12.1 Å². The minimum Gasteiger partial charge on any atom is -0.508 e. The van der Waals surface area contributed by atoms with Crippen molar-refractivity contribution < 1.29 is 20.1 Å². The zero-order chi connectivity index (χ0) is 12.0. The van der Waals surface area contributed by atoms with Crippen molar-refractivity contribution in [3.8, 4) is 5.75 Å². The van der Waals surface area contributed by atoms with Gasteiger partial charge in [0, 0.05) is 13.2 Å². The highest BCUT2D eigenvalue weighted by Crippen LogP contribution is 2.23. The molecule has 2 atom stereocenters. The van der Waals surface area contributed by atoms with Crippen LogP contribution < -0.4 is 0 Å². The van der Waals surface area contributed by atoms with E-state index < -0.39 is 12.2 Å². The van der Waals surface area contributed by atoms with Crippen molar-refractivity contribution in [3.05, 3.63) is 29.8 Å². The molecule has 4 nitrogen and oxygen atoms in total. The third-order valence-electron chi connectivity index (χ3n) is 2.38. The molecule has 0 aliphatic heterocycles. The van der Waals surface area contributed by atoms with E-state index in [2.05, 4.69) is 0 Å². The molecular weight excluding hydrogens is 208 g/mol. The molecule has 0 radical (unpaired) electrons. The Bertz CT molecular complexity index is 290. The molecule has 0 fully saturated rings. The third-order valence-corrected chi connectivity index (χ3v) is 2.38. The summed E-state index contributed by atoms with van der Waals surface area (Å²) in [4.78, 5) is 0. The molecule has 0 saturated heterocycles. The molecule has 0 aliphatic carbocycles. The minimum atomic E-state index is -0.785. The predicted molar refractivity (Wildman–Crippen MR) is 60.2 cm³/mol. The van der Waals surface area contributed by atoms with E-state index >= 15 is 0 Å². The van der Waals surface area contributed by atoms with Gasteiger partial charge in [-0.15, -0.1) is 0 Å². The van der Waals surface area contributed by atoms with Gasteiger partial charge in [-0.25, -0.2) is 0 Å². The number of rotatable bonds is 6. The summed E-state index contributed by atoms with van der Waals surface area (Å²) in [7, 11) is 0. The van der Waals surface area contributed by atoms with Crippen molar-refractivity contribution >= 4 is 0 Å². The van der Waals surface area contributed by atoms with Crippen molar-refractivity contribution in [3.63, 3.8) is 0 Å². The number of aliphatic hydroxyl groups excluding tert-OH is 2. The van der Waals surface area contributed by atoms with Crippen molar-refractivity contribution in [2.75, 3.05) is 13.2 Å². The van der Waals surface area contributed by atoms with Gasteiger partial charge in [0.1, 0.15) is 11.9 Å². The summed E-state index contributed by atoms with van der Waals surface area (Å²) >= 11 is 0. The van der Waals surface area contributed by atoms with Gasteiger partial charge in [0.25, 0.3) is 0 Å². The number of aromatic hydroxyl groups is 1. The molecular formula is C12H18O4. The van der Waals surface area contributed by atoms with E-state index in [-0.39, 0.29) is 12.4 Å². The van der Waals surface area contributed by atoms with Gasteiger partial charge < -0.3 is 20.1 Å². The number of aliphatic hydroxyl groups is 2. The first-order chi connectivity index (χ1) is 7.69. The van der Waals surface area contributed by atoms with E-state index in [0.717, 1.165) is 0 Å². The summed E-state index contributed by atoms with van der Waals surface area (Å²) in [6, 6.07) is 6.31. The second-order valence-electron chi connectivity index (χ2n) is 3.54. The largest absolute Gasteiger partial charge is 0.508 e. The molecule has 16 heavy (non-hydrogen) atoms. The van der Waals surface area contributed by atoms with Crippen LogP contribution in [0.1, 0.15) is 25.0 Å². The summed E-state index contributed by atoms with van der Waals surface area (Å²) < 4.78 is 5.36. The molecule has 1 rings (SSSR count). The SMILES string of the molecule is CCO[C@H](CCO)[C@H](O)c1ccc(O)cc1.